The van der Waals surface area contributed by atoms with Crippen LogP contribution in [0.1, 0.15) is 10.5 Å². The van der Waals surface area contributed by atoms with Gasteiger partial charge in [0.05, 0.1) is 11.9 Å². The summed E-state index contributed by atoms with van der Waals surface area (Å²) < 4.78 is 0. The predicted molar refractivity (Wildman–Crippen MR) is 41.5 cm³/mol. The number of hydrogen-bond acceptors (Lipinski definition) is 3. The zero-order chi connectivity index (χ0) is 8.27. The number of hydrogen-bond donors (Lipinski definition) is 3. The lowest BCUT2D eigenvalue weighted by molar-refractivity contribution is 0.0959. The highest BCUT2D eigenvalue weighted by molar-refractivity contribution is 5.97. The molecule has 0 saturated carbocycles. The maximum absolute atomic E-state index is 11.0. The molecule has 60 valence electrons. The van der Waals surface area contributed by atoms with Gasteiger partial charge >= 0.3 is 0 Å². The molecule has 0 atom stereocenters. The molecule has 0 aliphatic rings. The fourth-order valence-electron chi connectivity index (χ4n) is 0.774. The Kier molecular flexibility index (Phi) is 2.10. The molecule has 5 nitrogen and oxygen atoms in total. The molecule has 0 unspecified atom stereocenters. The number of amides is 1. The third kappa shape index (κ3) is 1.31. The van der Waals surface area contributed by atoms with Crippen LogP contribution in [0.2, 0.25) is 0 Å². The molecular formula is C6H10N4O. The summed E-state index contributed by atoms with van der Waals surface area (Å²) >= 11 is 0. The van der Waals surface area contributed by atoms with E-state index in [1.807, 2.05) is 0 Å². The Morgan fingerprint density at radius 1 is 1.64 bits per heavy atom. The van der Waals surface area contributed by atoms with Gasteiger partial charge in [0, 0.05) is 14.1 Å². The van der Waals surface area contributed by atoms with E-state index >= 15 is 0 Å². The quantitative estimate of drug-likeness (QED) is 0.553. The van der Waals surface area contributed by atoms with Crippen LogP contribution in [-0.2, 0) is 0 Å². The molecule has 1 rings (SSSR count). The van der Waals surface area contributed by atoms with Gasteiger partial charge in [0.25, 0.3) is 5.91 Å². The summed E-state index contributed by atoms with van der Waals surface area (Å²) in [5.41, 5.74) is 1.15. The molecule has 3 N–H and O–H groups in total. The van der Waals surface area contributed by atoms with Crippen LogP contribution in [0.25, 0.3) is 0 Å². The highest BCUT2D eigenvalue weighted by atomic mass is 16.1. The summed E-state index contributed by atoms with van der Waals surface area (Å²) in [6.07, 6.45) is 1.56. The third-order valence-electron chi connectivity index (χ3n) is 1.36. The molecule has 5 heteroatoms. The van der Waals surface area contributed by atoms with E-state index in [0.717, 1.165) is 0 Å². The molecule has 11 heavy (non-hydrogen) atoms. The Bertz CT molecular complexity index is 255. The van der Waals surface area contributed by atoms with E-state index in [-0.39, 0.29) is 5.91 Å². The van der Waals surface area contributed by atoms with Crippen LogP contribution in [0.5, 0.6) is 0 Å². The fraction of sp³-hybridized carbons (Fsp3) is 0.333. The smallest absolute Gasteiger partial charge is 0.271 e. The number of aromatic amines is 1. The molecule has 0 aliphatic heterocycles. The molecule has 1 aromatic heterocycles. The van der Waals surface area contributed by atoms with Crippen LogP contribution in [0.3, 0.4) is 0 Å². The second-order valence-electron chi connectivity index (χ2n) is 1.99. The van der Waals surface area contributed by atoms with Gasteiger partial charge in [-0.25, -0.2) is 0 Å². The number of nitrogens with one attached hydrogen (secondary N) is 3. The van der Waals surface area contributed by atoms with Gasteiger partial charge in [0.15, 0.2) is 0 Å². The van der Waals surface area contributed by atoms with Crippen molar-refractivity contribution >= 4 is 11.6 Å². The number of rotatable bonds is 2. The Morgan fingerprint density at radius 3 is 2.91 bits per heavy atom. The van der Waals surface area contributed by atoms with Crippen molar-refractivity contribution in [3.63, 3.8) is 0 Å². The van der Waals surface area contributed by atoms with Crippen molar-refractivity contribution in [1.82, 2.24) is 15.5 Å². The highest BCUT2D eigenvalue weighted by Gasteiger charge is 2.09. The summed E-state index contributed by atoms with van der Waals surface area (Å²) in [6, 6.07) is 0. The third-order valence-corrected chi connectivity index (χ3v) is 1.36. The number of nitrogens with zero attached hydrogens (tertiary/aromatic N) is 1. The predicted octanol–water partition coefficient (Wildman–Crippen LogP) is -0.189. The van der Waals surface area contributed by atoms with Gasteiger partial charge in [-0.05, 0) is 0 Å². The lowest BCUT2D eigenvalue weighted by Gasteiger charge is -1.98. The topological polar surface area (TPSA) is 69.8 Å². The van der Waals surface area contributed by atoms with E-state index in [4.69, 9.17) is 0 Å². The first kappa shape index (κ1) is 7.59. The Labute approximate surface area is 64.2 Å². The molecule has 1 aromatic rings. The number of carbonyl (C=O) groups excluding carboxylic acids is 1. The van der Waals surface area contributed by atoms with E-state index in [2.05, 4.69) is 20.8 Å². The van der Waals surface area contributed by atoms with Crippen molar-refractivity contribution in [2.24, 2.45) is 0 Å². The number of aromatic nitrogens is 2. The first-order chi connectivity index (χ1) is 5.29. The summed E-state index contributed by atoms with van der Waals surface area (Å²) in [4.78, 5) is 11.0. The lowest BCUT2D eigenvalue weighted by atomic mass is 10.3. The summed E-state index contributed by atoms with van der Waals surface area (Å²) in [5.74, 6) is -0.174. The minimum absolute atomic E-state index is 0.174. The van der Waals surface area contributed by atoms with Gasteiger partial charge in [0.2, 0.25) is 0 Å². The molecule has 0 aromatic carbocycles. The maximum Gasteiger partial charge on any atom is 0.271 e. The lowest BCUT2D eigenvalue weighted by Crippen LogP contribution is -2.19. The fourth-order valence-corrected chi connectivity index (χ4v) is 0.774. The average Bonchev–Trinajstić information content (AvgIpc) is 2.50. The van der Waals surface area contributed by atoms with Crippen LogP contribution >= 0.6 is 0 Å². The van der Waals surface area contributed by atoms with Crippen LogP contribution < -0.4 is 10.6 Å². The van der Waals surface area contributed by atoms with Crippen molar-refractivity contribution in [3.8, 4) is 0 Å². The van der Waals surface area contributed by atoms with Crippen LogP contribution in [0.15, 0.2) is 6.20 Å². The van der Waals surface area contributed by atoms with Crippen molar-refractivity contribution < 1.29 is 4.79 Å². The van der Waals surface area contributed by atoms with Crippen LogP contribution in [0.4, 0.5) is 5.69 Å². The van der Waals surface area contributed by atoms with Crippen molar-refractivity contribution in [1.29, 1.82) is 0 Å². The van der Waals surface area contributed by atoms with Crippen molar-refractivity contribution in [2.45, 2.75) is 0 Å². The van der Waals surface area contributed by atoms with Gasteiger partial charge < -0.3 is 10.6 Å². The van der Waals surface area contributed by atoms with Gasteiger partial charge in [0.1, 0.15) is 5.69 Å². The number of anilines is 1. The normalized spacial score (nSPS) is 9.27. The first-order valence-electron chi connectivity index (χ1n) is 3.22. The van der Waals surface area contributed by atoms with Gasteiger partial charge in [-0.15, -0.1) is 0 Å². The van der Waals surface area contributed by atoms with Gasteiger partial charge in [-0.3, -0.25) is 9.89 Å². The van der Waals surface area contributed by atoms with Gasteiger partial charge in [-0.1, -0.05) is 0 Å². The molecule has 0 bridgehead atoms. The average molecular weight is 154 g/mol. The van der Waals surface area contributed by atoms with E-state index in [1.54, 1.807) is 20.3 Å². The molecule has 0 radical (unpaired) electrons. The monoisotopic (exact) mass is 154 g/mol. The Hall–Kier alpha value is -1.52. The standard InChI is InChI=1S/C6H10N4O/c1-7-4-3-9-10-5(4)6(11)8-2/h3,7H,1-2H3,(H,8,11)(H,9,10). The minimum atomic E-state index is -0.174. The molecule has 1 amide bonds. The van der Waals surface area contributed by atoms with E-state index < -0.39 is 0 Å². The zero-order valence-corrected chi connectivity index (χ0v) is 6.43. The molecule has 0 fully saturated rings. The summed E-state index contributed by atoms with van der Waals surface area (Å²) in [7, 11) is 3.31. The summed E-state index contributed by atoms with van der Waals surface area (Å²) in [5, 5.41) is 11.6. The number of carbonyl (C=O) groups is 1. The minimum Gasteiger partial charge on any atom is -0.385 e. The Balaban J connectivity index is 2.92. The van der Waals surface area contributed by atoms with E-state index in [1.165, 1.54) is 0 Å². The van der Waals surface area contributed by atoms with Crippen molar-refractivity contribution in [2.75, 3.05) is 19.4 Å². The molecule has 0 spiro atoms. The molecule has 0 saturated heterocycles. The SMILES string of the molecule is CNC(=O)c1[nH]ncc1NC. The molecule has 0 aliphatic carbocycles. The molecular weight excluding hydrogens is 144 g/mol. The zero-order valence-electron chi connectivity index (χ0n) is 6.43. The largest absolute Gasteiger partial charge is 0.385 e. The first-order valence-corrected chi connectivity index (χ1v) is 3.22. The van der Waals surface area contributed by atoms with E-state index in [9.17, 15) is 4.79 Å². The highest BCUT2D eigenvalue weighted by Crippen LogP contribution is 2.08. The van der Waals surface area contributed by atoms with Gasteiger partial charge in [-0.2, -0.15) is 5.10 Å². The number of H-pyrrole nitrogens is 1. The van der Waals surface area contributed by atoms with E-state index in [0.29, 0.717) is 11.4 Å². The summed E-state index contributed by atoms with van der Waals surface area (Å²) in [6.45, 7) is 0. The molecule has 1 heterocycles. The maximum atomic E-state index is 11.0. The second-order valence-corrected chi connectivity index (χ2v) is 1.99. The Morgan fingerprint density at radius 2 is 2.36 bits per heavy atom. The second kappa shape index (κ2) is 3.05. The van der Waals surface area contributed by atoms with Crippen LogP contribution in [0, 0.1) is 0 Å². The van der Waals surface area contributed by atoms with Crippen LogP contribution in [-0.4, -0.2) is 30.2 Å². The van der Waals surface area contributed by atoms with Crippen molar-refractivity contribution in [3.05, 3.63) is 11.9 Å².